The molecule has 0 heterocycles. The van der Waals surface area contributed by atoms with E-state index in [0.29, 0.717) is 0 Å². The molecule has 0 saturated carbocycles. The maximum Gasteiger partial charge on any atom is 0.391 e. The van der Waals surface area contributed by atoms with Crippen LogP contribution in [0.4, 0.5) is 13.2 Å². The van der Waals surface area contributed by atoms with Crippen LogP contribution >= 0.6 is 0 Å². The van der Waals surface area contributed by atoms with Gasteiger partial charge in [-0.25, -0.2) is 5.84 Å². The topological polar surface area (TPSA) is 64.3 Å². The van der Waals surface area contributed by atoms with Gasteiger partial charge in [0, 0.05) is 0 Å². The Morgan fingerprint density at radius 1 is 1.40 bits per heavy atom. The predicted octanol–water partition coefficient (Wildman–Crippen LogP) is 0.971. The third-order valence-corrected chi connectivity index (χ3v) is 1.74. The molecule has 0 saturated heterocycles. The van der Waals surface area contributed by atoms with E-state index in [0.717, 1.165) is 0 Å². The van der Waals surface area contributed by atoms with Crippen molar-refractivity contribution in [3.05, 3.63) is 0 Å². The molecule has 0 aliphatic heterocycles. The fourth-order valence-electron chi connectivity index (χ4n) is 0.776. The lowest BCUT2D eigenvalue weighted by atomic mass is 9.94. The Bertz CT molecular complexity index is 216. The summed E-state index contributed by atoms with van der Waals surface area (Å²) in [5.74, 6) is 4.42. The summed E-state index contributed by atoms with van der Waals surface area (Å²) in [4.78, 5) is 11.1. The molecule has 3 N–H and O–H groups in total. The van der Waals surface area contributed by atoms with E-state index in [1.54, 1.807) is 0 Å². The Morgan fingerprint density at radius 2 is 1.93 bits per heavy atom. The zero-order valence-corrected chi connectivity index (χ0v) is 8.65. The minimum Gasteiger partial charge on any atom is -0.380 e. The molecule has 0 aromatic rings. The second-order valence-corrected chi connectivity index (χ2v) is 3.78. The number of hydrazine groups is 1. The molecule has 0 atom stereocenters. The van der Waals surface area contributed by atoms with Crippen LogP contribution in [0.3, 0.4) is 0 Å². The van der Waals surface area contributed by atoms with Gasteiger partial charge in [0.05, 0.1) is 25.0 Å². The highest BCUT2D eigenvalue weighted by Crippen LogP contribution is 2.20. The maximum atomic E-state index is 11.7. The number of nitrogens with two attached hydrogens (primary N) is 1. The number of ether oxygens (including phenoxy) is 1. The van der Waals surface area contributed by atoms with Gasteiger partial charge in [-0.05, 0) is 13.8 Å². The van der Waals surface area contributed by atoms with E-state index in [1.807, 2.05) is 5.43 Å². The van der Waals surface area contributed by atoms with Crippen LogP contribution in [0.25, 0.3) is 0 Å². The molecule has 0 aromatic carbocycles. The van der Waals surface area contributed by atoms with Crippen LogP contribution in [-0.2, 0) is 9.53 Å². The largest absolute Gasteiger partial charge is 0.391 e. The number of hydrogen-bond acceptors (Lipinski definition) is 3. The fraction of sp³-hybridized carbons (Fsp3) is 0.875. The van der Waals surface area contributed by atoms with Crippen molar-refractivity contribution in [1.82, 2.24) is 5.43 Å². The average molecular weight is 228 g/mol. The predicted molar refractivity (Wildman–Crippen MR) is 47.6 cm³/mol. The number of rotatable bonds is 5. The van der Waals surface area contributed by atoms with Gasteiger partial charge in [0.1, 0.15) is 0 Å². The fourth-order valence-corrected chi connectivity index (χ4v) is 0.776. The SMILES string of the molecule is CC(C)(COCCC(F)(F)F)C(=O)NN. The van der Waals surface area contributed by atoms with Crippen molar-refractivity contribution in [2.24, 2.45) is 11.3 Å². The first kappa shape index (κ1) is 14.2. The summed E-state index contributed by atoms with van der Waals surface area (Å²) >= 11 is 0. The van der Waals surface area contributed by atoms with Crippen LogP contribution in [-0.4, -0.2) is 25.3 Å². The van der Waals surface area contributed by atoms with E-state index in [1.165, 1.54) is 13.8 Å². The number of amides is 1. The second-order valence-electron chi connectivity index (χ2n) is 3.78. The Hall–Kier alpha value is -0.820. The van der Waals surface area contributed by atoms with Gasteiger partial charge >= 0.3 is 6.18 Å². The van der Waals surface area contributed by atoms with Gasteiger partial charge in [-0.15, -0.1) is 0 Å². The molecule has 0 bridgehead atoms. The number of nitrogens with one attached hydrogen (secondary N) is 1. The third-order valence-electron chi connectivity index (χ3n) is 1.74. The molecule has 0 fully saturated rings. The van der Waals surface area contributed by atoms with E-state index >= 15 is 0 Å². The molecule has 0 spiro atoms. The van der Waals surface area contributed by atoms with Crippen LogP contribution < -0.4 is 11.3 Å². The summed E-state index contributed by atoms with van der Waals surface area (Å²) in [6.45, 7) is 2.50. The molecule has 0 unspecified atom stereocenters. The Kier molecular flexibility index (Phi) is 5.02. The Labute approximate surface area is 85.9 Å². The molecular weight excluding hydrogens is 213 g/mol. The molecule has 0 rings (SSSR count). The minimum atomic E-state index is -4.24. The van der Waals surface area contributed by atoms with E-state index < -0.39 is 30.5 Å². The van der Waals surface area contributed by atoms with E-state index in [-0.39, 0.29) is 6.61 Å². The number of carbonyl (C=O) groups is 1. The molecule has 0 aromatic heterocycles. The Morgan fingerprint density at radius 3 is 2.33 bits per heavy atom. The van der Waals surface area contributed by atoms with Gasteiger partial charge in [0.15, 0.2) is 0 Å². The standard InChI is InChI=1S/C8H15F3N2O2/c1-7(2,6(14)13-12)5-15-4-3-8(9,10)11/h3-5,12H2,1-2H3,(H,13,14). The van der Waals surface area contributed by atoms with Crippen molar-refractivity contribution in [1.29, 1.82) is 0 Å². The van der Waals surface area contributed by atoms with Crippen LogP contribution in [0.2, 0.25) is 0 Å². The van der Waals surface area contributed by atoms with Gasteiger partial charge in [0.2, 0.25) is 5.91 Å². The summed E-state index contributed by atoms with van der Waals surface area (Å²) < 4.78 is 39.9. The average Bonchev–Trinajstić information content (AvgIpc) is 2.09. The van der Waals surface area contributed by atoms with E-state index in [4.69, 9.17) is 10.6 Å². The first-order chi connectivity index (χ1) is 6.69. The summed E-state index contributed by atoms with van der Waals surface area (Å²) in [6.07, 6.45) is -5.26. The van der Waals surface area contributed by atoms with Gasteiger partial charge < -0.3 is 4.74 Å². The van der Waals surface area contributed by atoms with Crippen LogP contribution in [0.15, 0.2) is 0 Å². The lowest BCUT2D eigenvalue weighted by Gasteiger charge is -2.22. The molecule has 0 aliphatic carbocycles. The molecule has 0 aliphatic rings. The van der Waals surface area contributed by atoms with Crippen molar-refractivity contribution in [3.8, 4) is 0 Å². The van der Waals surface area contributed by atoms with Crippen molar-refractivity contribution in [3.63, 3.8) is 0 Å². The minimum absolute atomic E-state index is 0.105. The zero-order valence-electron chi connectivity index (χ0n) is 8.65. The molecule has 15 heavy (non-hydrogen) atoms. The quantitative estimate of drug-likeness (QED) is 0.319. The molecule has 1 amide bonds. The number of halogens is 3. The second kappa shape index (κ2) is 5.32. The monoisotopic (exact) mass is 228 g/mol. The summed E-state index contributed by atoms with van der Waals surface area (Å²) in [6, 6.07) is 0. The highest BCUT2D eigenvalue weighted by atomic mass is 19.4. The molecular formula is C8H15F3N2O2. The maximum absolute atomic E-state index is 11.7. The summed E-state index contributed by atoms with van der Waals surface area (Å²) in [7, 11) is 0. The molecule has 7 heteroatoms. The number of alkyl halides is 3. The summed E-state index contributed by atoms with van der Waals surface area (Å²) in [5, 5.41) is 0. The van der Waals surface area contributed by atoms with Crippen molar-refractivity contribution < 1.29 is 22.7 Å². The number of carbonyl (C=O) groups excluding carboxylic acids is 1. The van der Waals surface area contributed by atoms with Gasteiger partial charge in [0.25, 0.3) is 0 Å². The van der Waals surface area contributed by atoms with Crippen LogP contribution in [0, 0.1) is 5.41 Å². The lowest BCUT2D eigenvalue weighted by Crippen LogP contribution is -2.43. The number of hydrogen-bond donors (Lipinski definition) is 2. The molecule has 0 radical (unpaired) electrons. The summed E-state index contributed by atoms with van der Waals surface area (Å²) in [5.41, 5.74) is 0.991. The van der Waals surface area contributed by atoms with Gasteiger partial charge in [-0.1, -0.05) is 0 Å². The molecule has 4 nitrogen and oxygen atoms in total. The van der Waals surface area contributed by atoms with Crippen molar-refractivity contribution in [2.75, 3.05) is 13.2 Å². The smallest absolute Gasteiger partial charge is 0.380 e. The van der Waals surface area contributed by atoms with Gasteiger partial charge in [-0.3, -0.25) is 10.2 Å². The molecule has 90 valence electrons. The highest BCUT2D eigenvalue weighted by molar-refractivity contribution is 5.81. The third kappa shape index (κ3) is 6.29. The normalized spacial score (nSPS) is 12.7. The zero-order chi connectivity index (χ0) is 12.1. The first-order valence-corrected chi connectivity index (χ1v) is 4.34. The Balaban J connectivity index is 3.81. The highest BCUT2D eigenvalue weighted by Gasteiger charge is 2.29. The lowest BCUT2D eigenvalue weighted by molar-refractivity contribution is -0.149. The van der Waals surface area contributed by atoms with Crippen LogP contribution in [0.1, 0.15) is 20.3 Å². The van der Waals surface area contributed by atoms with E-state index in [9.17, 15) is 18.0 Å². The van der Waals surface area contributed by atoms with Crippen molar-refractivity contribution >= 4 is 5.91 Å². The first-order valence-electron chi connectivity index (χ1n) is 4.34. The van der Waals surface area contributed by atoms with Gasteiger partial charge in [-0.2, -0.15) is 13.2 Å². The van der Waals surface area contributed by atoms with E-state index in [2.05, 4.69) is 0 Å². The van der Waals surface area contributed by atoms with Crippen LogP contribution in [0.5, 0.6) is 0 Å². The van der Waals surface area contributed by atoms with Crippen molar-refractivity contribution in [2.45, 2.75) is 26.4 Å².